The van der Waals surface area contributed by atoms with E-state index in [4.69, 9.17) is 8.92 Å². The number of hydrogen-bond donors (Lipinski definition) is 1. The average molecular weight is 386 g/mol. The lowest BCUT2D eigenvalue weighted by molar-refractivity contribution is -0.141. The maximum atomic E-state index is 12.5. The fraction of sp³-hybridized carbons (Fsp3) is 0.529. The van der Waals surface area contributed by atoms with Gasteiger partial charge in [0.15, 0.2) is 0 Å². The molecule has 0 aliphatic heterocycles. The maximum absolute atomic E-state index is 12.5. The molecule has 146 valence electrons. The minimum Gasteiger partial charge on any atom is -0.465 e. The molecule has 1 rings (SSSR count). The van der Waals surface area contributed by atoms with Gasteiger partial charge < -0.3 is 19.1 Å². The largest absolute Gasteiger partial charge is 0.465 e. The number of amides is 2. The number of benzene rings is 1. The van der Waals surface area contributed by atoms with Gasteiger partial charge in [0.25, 0.3) is 0 Å². The summed E-state index contributed by atoms with van der Waals surface area (Å²) in [6, 6.07) is 6.02. The molecule has 0 radical (unpaired) electrons. The van der Waals surface area contributed by atoms with Crippen LogP contribution < -0.4 is 9.50 Å². The Balaban J connectivity index is 2.86. The van der Waals surface area contributed by atoms with E-state index in [1.165, 1.54) is 6.07 Å². The Morgan fingerprint density at radius 2 is 1.96 bits per heavy atom. The molecule has 0 heterocycles. The Kier molecular flexibility index (Phi) is 8.37. The van der Waals surface area contributed by atoms with Crippen molar-refractivity contribution < 1.29 is 26.9 Å². The van der Waals surface area contributed by atoms with Crippen LogP contribution in [0.3, 0.4) is 0 Å². The van der Waals surface area contributed by atoms with Gasteiger partial charge in [-0.25, -0.2) is 4.79 Å². The van der Waals surface area contributed by atoms with Crippen LogP contribution in [0, 0.1) is 0 Å². The lowest BCUT2D eigenvalue weighted by Gasteiger charge is -2.29. The summed E-state index contributed by atoms with van der Waals surface area (Å²) >= 11 is 0. The van der Waals surface area contributed by atoms with Crippen molar-refractivity contribution in [3.8, 4) is 5.75 Å². The molecular formula is C17H26N2O6S. The summed E-state index contributed by atoms with van der Waals surface area (Å²) in [5.74, 6) is -0.325. The fourth-order valence-electron chi connectivity index (χ4n) is 2.18. The first kappa shape index (κ1) is 21.8. The van der Waals surface area contributed by atoms with Crippen LogP contribution in [0.15, 0.2) is 24.3 Å². The second-order valence-corrected chi connectivity index (χ2v) is 7.36. The van der Waals surface area contributed by atoms with Crippen molar-refractivity contribution >= 4 is 22.1 Å². The van der Waals surface area contributed by atoms with Crippen molar-refractivity contribution in [3.05, 3.63) is 29.8 Å². The zero-order valence-electron chi connectivity index (χ0n) is 15.5. The van der Waals surface area contributed by atoms with E-state index in [9.17, 15) is 18.0 Å². The molecule has 1 aromatic carbocycles. The van der Waals surface area contributed by atoms with Gasteiger partial charge >= 0.3 is 22.1 Å². The fourth-order valence-corrected chi connectivity index (χ4v) is 2.63. The molecule has 2 amide bonds. The van der Waals surface area contributed by atoms with Gasteiger partial charge in [-0.2, -0.15) is 8.42 Å². The topological polar surface area (TPSA) is 102 Å². The van der Waals surface area contributed by atoms with Crippen LogP contribution in [0.4, 0.5) is 4.79 Å². The van der Waals surface area contributed by atoms with Gasteiger partial charge in [0, 0.05) is 12.6 Å². The molecular weight excluding hydrogens is 360 g/mol. The molecule has 0 aliphatic carbocycles. The molecule has 0 unspecified atom stereocenters. The Bertz CT molecular complexity index is 720. The van der Waals surface area contributed by atoms with Crippen LogP contribution in [0.5, 0.6) is 5.75 Å². The predicted octanol–water partition coefficient (Wildman–Crippen LogP) is 1.90. The van der Waals surface area contributed by atoms with Crippen LogP contribution in [-0.4, -0.2) is 50.8 Å². The van der Waals surface area contributed by atoms with Crippen molar-refractivity contribution in [2.24, 2.45) is 0 Å². The highest BCUT2D eigenvalue weighted by atomic mass is 32.2. The molecule has 26 heavy (non-hydrogen) atoms. The van der Waals surface area contributed by atoms with Crippen molar-refractivity contribution in [1.82, 2.24) is 10.2 Å². The van der Waals surface area contributed by atoms with Gasteiger partial charge in [0.1, 0.15) is 12.3 Å². The van der Waals surface area contributed by atoms with E-state index >= 15 is 0 Å². The zero-order valence-corrected chi connectivity index (χ0v) is 16.3. The molecule has 8 nitrogen and oxygen atoms in total. The summed E-state index contributed by atoms with van der Waals surface area (Å²) < 4.78 is 32.2. The van der Waals surface area contributed by atoms with Crippen molar-refractivity contribution in [2.45, 2.75) is 39.8 Å². The number of carbonyl (C=O) groups excluding carboxylic acids is 2. The molecule has 0 saturated carbocycles. The number of carbonyl (C=O) groups is 2. The highest BCUT2D eigenvalue weighted by Crippen LogP contribution is 2.18. The SMILES string of the molecule is CCOC(=O)CNC(=O)N(Cc1cccc(OS(C)(=O)=O)c1)[C@H](C)CC. The number of nitrogens with one attached hydrogen (secondary N) is 1. The monoisotopic (exact) mass is 386 g/mol. The Hall–Kier alpha value is -2.29. The zero-order chi connectivity index (χ0) is 19.7. The highest BCUT2D eigenvalue weighted by Gasteiger charge is 2.20. The minimum absolute atomic E-state index is 0.0864. The summed E-state index contributed by atoms with van der Waals surface area (Å²) in [7, 11) is -3.63. The molecule has 9 heteroatoms. The lowest BCUT2D eigenvalue weighted by atomic mass is 10.1. The normalized spacial score (nSPS) is 12.2. The highest BCUT2D eigenvalue weighted by molar-refractivity contribution is 7.86. The average Bonchev–Trinajstić information content (AvgIpc) is 2.56. The van der Waals surface area contributed by atoms with E-state index in [0.29, 0.717) is 12.0 Å². The van der Waals surface area contributed by atoms with Crippen molar-refractivity contribution in [3.63, 3.8) is 0 Å². The van der Waals surface area contributed by atoms with Crippen LogP contribution in [0.2, 0.25) is 0 Å². The van der Waals surface area contributed by atoms with Crippen molar-refractivity contribution in [1.29, 1.82) is 0 Å². The third-order valence-electron chi connectivity index (χ3n) is 3.57. The summed E-state index contributed by atoms with van der Waals surface area (Å²) in [6.07, 6.45) is 1.68. The number of urea groups is 1. The standard InChI is InChI=1S/C17H26N2O6S/c1-5-13(3)19(17(21)18-11-16(20)24-6-2)12-14-8-7-9-15(10-14)25-26(4,22)23/h7-10,13H,5-6,11-12H2,1-4H3,(H,18,21)/t13-/m1/s1. The van der Waals surface area contributed by atoms with E-state index in [0.717, 1.165) is 6.26 Å². The maximum Gasteiger partial charge on any atom is 0.325 e. The van der Waals surface area contributed by atoms with Gasteiger partial charge in [-0.15, -0.1) is 0 Å². The summed E-state index contributed by atoms with van der Waals surface area (Å²) in [6.45, 7) is 5.80. The smallest absolute Gasteiger partial charge is 0.325 e. The van der Waals surface area contributed by atoms with E-state index in [1.807, 2.05) is 13.8 Å². The third-order valence-corrected chi connectivity index (χ3v) is 4.07. The number of ether oxygens (including phenoxy) is 1. The van der Waals surface area contributed by atoms with E-state index in [2.05, 4.69) is 5.32 Å². The summed E-state index contributed by atoms with van der Waals surface area (Å²) in [4.78, 5) is 25.4. The predicted molar refractivity (Wildman–Crippen MR) is 97.2 cm³/mol. The number of rotatable bonds is 9. The quantitative estimate of drug-likeness (QED) is 0.514. The van der Waals surface area contributed by atoms with Gasteiger partial charge in [0.05, 0.1) is 12.9 Å². The lowest BCUT2D eigenvalue weighted by Crippen LogP contribution is -2.46. The molecule has 1 aromatic rings. The first-order valence-electron chi connectivity index (χ1n) is 8.34. The summed E-state index contributed by atoms with van der Waals surface area (Å²) in [5, 5.41) is 2.54. The second-order valence-electron chi connectivity index (χ2n) is 5.78. The van der Waals surface area contributed by atoms with Crippen LogP contribution in [-0.2, 0) is 26.2 Å². The molecule has 0 aliphatic rings. The van der Waals surface area contributed by atoms with E-state index in [-0.39, 0.29) is 31.5 Å². The van der Waals surface area contributed by atoms with Crippen molar-refractivity contribution in [2.75, 3.05) is 19.4 Å². The molecule has 0 saturated heterocycles. The Morgan fingerprint density at radius 1 is 1.27 bits per heavy atom. The van der Waals surface area contributed by atoms with Gasteiger partial charge in [0.2, 0.25) is 0 Å². The minimum atomic E-state index is -3.63. The summed E-state index contributed by atoms with van der Waals surface area (Å²) in [5.41, 5.74) is 0.706. The second kappa shape index (κ2) is 10.0. The third kappa shape index (κ3) is 7.73. The van der Waals surface area contributed by atoms with Crippen LogP contribution >= 0.6 is 0 Å². The van der Waals surface area contributed by atoms with Crippen LogP contribution in [0.25, 0.3) is 0 Å². The van der Waals surface area contributed by atoms with Gasteiger partial charge in [-0.1, -0.05) is 19.1 Å². The first-order chi connectivity index (χ1) is 12.2. The molecule has 0 bridgehead atoms. The van der Waals surface area contributed by atoms with E-state index < -0.39 is 22.1 Å². The molecule has 0 fully saturated rings. The number of hydrogen-bond acceptors (Lipinski definition) is 6. The Labute approximate surface area is 154 Å². The van der Waals surface area contributed by atoms with Crippen LogP contribution in [0.1, 0.15) is 32.8 Å². The van der Waals surface area contributed by atoms with Gasteiger partial charge in [-0.3, -0.25) is 4.79 Å². The number of nitrogens with zero attached hydrogens (tertiary/aromatic N) is 1. The molecule has 1 N–H and O–H groups in total. The van der Waals surface area contributed by atoms with Gasteiger partial charge in [-0.05, 0) is 38.0 Å². The van der Waals surface area contributed by atoms with E-state index in [1.54, 1.807) is 30.0 Å². The number of esters is 1. The Morgan fingerprint density at radius 3 is 2.54 bits per heavy atom. The molecule has 0 spiro atoms. The molecule has 0 aromatic heterocycles. The first-order valence-corrected chi connectivity index (χ1v) is 10.2. The molecule has 1 atom stereocenters.